The number of aliphatic hydroxyl groups excluding tert-OH is 1. The number of aromatic nitrogens is 2. The largest absolute Gasteiger partial charge is 0.485 e. The fourth-order valence-electron chi connectivity index (χ4n) is 1.38. The topological polar surface area (TPSA) is 68.4 Å². The van der Waals surface area contributed by atoms with E-state index in [4.69, 9.17) is 4.74 Å². The van der Waals surface area contributed by atoms with Gasteiger partial charge in [-0.1, -0.05) is 27.2 Å². The van der Waals surface area contributed by atoms with E-state index >= 15 is 0 Å². The van der Waals surface area contributed by atoms with E-state index < -0.39 is 6.10 Å². The molecule has 0 unspecified atom stereocenters. The molecule has 2 aromatic rings. The van der Waals surface area contributed by atoms with E-state index in [-0.39, 0.29) is 6.61 Å². The molecule has 1 heterocycles. The van der Waals surface area contributed by atoms with Crippen LogP contribution >= 0.6 is 15.9 Å². The molecule has 1 atom stereocenters. The Bertz CT molecular complexity index is 485. The number of hydrogen-bond acceptors (Lipinski definition) is 5. The number of benzene rings is 1. The number of halogens is 1. The third kappa shape index (κ3) is 3.04. The molecule has 0 aliphatic carbocycles. The van der Waals surface area contributed by atoms with Crippen LogP contribution in [0.5, 0.6) is 5.75 Å². The van der Waals surface area contributed by atoms with Crippen LogP contribution < -0.4 is 4.74 Å². The zero-order valence-corrected chi connectivity index (χ0v) is 10.7. The first-order valence-electron chi connectivity index (χ1n) is 5.02. The Kier molecular flexibility index (Phi) is 3.75. The van der Waals surface area contributed by atoms with Crippen molar-refractivity contribution in [2.75, 3.05) is 0 Å². The van der Waals surface area contributed by atoms with Gasteiger partial charge < -0.3 is 14.4 Å². The Hall–Kier alpha value is -1.40. The van der Waals surface area contributed by atoms with Crippen LogP contribution in [-0.2, 0) is 6.61 Å². The predicted molar refractivity (Wildman–Crippen MR) is 63.4 cm³/mol. The van der Waals surface area contributed by atoms with Crippen molar-refractivity contribution in [3.63, 3.8) is 0 Å². The van der Waals surface area contributed by atoms with Gasteiger partial charge in [0.15, 0.2) is 6.61 Å². The van der Waals surface area contributed by atoms with Gasteiger partial charge in [0.05, 0.1) is 6.10 Å². The Morgan fingerprint density at radius 2 is 2.35 bits per heavy atom. The van der Waals surface area contributed by atoms with Gasteiger partial charge in [0, 0.05) is 10.0 Å². The van der Waals surface area contributed by atoms with E-state index in [2.05, 4.69) is 30.6 Å². The molecule has 1 aromatic heterocycles. The van der Waals surface area contributed by atoms with Crippen LogP contribution in [0, 0.1) is 0 Å². The molecule has 0 saturated carbocycles. The van der Waals surface area contributed by atoms with Crippen molar-refractivity contribution in [3.05, 3.63) is 40.5 Å². The fourth-order valence-corrected chi connectivity index (χ4v) is 1.72. The van der Waals surface area contributed by atoms with Gasteiger partial charge in [-0.2, -0.15) is 4.98 Å². The molecule has 2 rings (SSSR count). The molecule has 1 aromatic carbocycles. The second kappa shape index (κ2) is 5.29. The fraction of sp³-hybridized carbons (Fsp3) is 0.273. The summed E-state index contributed by atoms with van der Waals surface area (Å²) in [7, 11) is 0. The lowest BCUT2D eigenvalue weighted by atomic mass is 10.1. The standard InChI is InChI=1S/C11H11BrN2O3/c1-7(15)9-3-2-8(12)4-10(9)16-5-11-13-6-17-14-11/h2-4,6-7,15H,5H2,1H3/t7-/m1/s1. The lowest BCUT2D eigenvalue weighted by Crippen LogP contribution is -2.02. The smallest absolute Gasteiger partial charge is 0.213 e. The molecule has 0 aliphatic rings. The molecule has 17 heavy (non-hydrogen) atoms. The third-order valence-electron chi connectivity index (χ3n) is 2.19. The van der Waals surface area contributed by atoms with Crippen LogP contribution in [0.25, 0.3) is 0 Å². The maximum Gasteiger partial charge on any atom is 0.213 e. The minimum absolute atomic E-state index is 0.201. The first-order chi connectivity index (χ1) is 8.16. The molecule has 0 aliphatic heterocycles. The normalized spacial score (nSPS) is 12.4. The monoisotopic (exact) mass is 298 g/mol. The van der Waals surface area contributed by atoms with Gasteiger partial charge in [-0.3, -0.25) is 0 Å². The summed E-state index contributed by atoms with van der Waals surface area (Å²) in [6.45, 7) is 1.89. The molecule has 6 heteroatoms. The molecule has 90 valence electrons. The van der Waals surface area contributed by atoms with E-state index in [1.807, 2.05) is 6.07 Å². The van der Waals surface area contributed by atoms with Crippen molar-refractivity contribution in [2.24, 2.45) is 0 Å². The summed E-state index contributed by atoms with van der Waals surface area (Å²) < 4.78 is 11.0. The second-order valence-corrected chi connectivity index (χ2v) is 4.41. The van der Waals surface area contributed by atoms with Gasteiger partial charge in [-0.05, 0) is 19.1 Å². The Morgan fingerprint density at radius 1 is 1.53 bits per heavy atom. The Labute approximate surface area is 107 Å². The highest BCUT2D eigenvalue weighted by Crippen LogP contribution is 2.29. The molecule has 5 nitrogen and oxygen atoms in total. The number of ether oxygens (including phenoxy) is 1. The molecule has 0 fully saturated rings. The van der Waals surface area contributed by atoms with Crippen LogP contribution in [0.4, 0.5) is 0 Å². The second-order valence-electron chi connectivity index (χ2n) is 3.49. The average molecular weight is 299 g/mol. The first-order valence-corrected chi connectivity index (χ1v) is 5.81. The average Bonchev–Trinajstić information content (AvgIpc) is 2.78. The molecule has 0 radical (unpaired) electrons. The van der Waals surface area contributed by atoms with Crippen molar-refractivity contribution in [1.82, 2.24) is 10.1 Å². The SMILES string of the molecule is C[C@@H](O)c1ccc(Br)cc1OCc1ncon1. The van der Waals surface area contributed by atoms with Crippen LogP contribution in [0.15, 0.2) is 33.6 Å². The van der Waals surface area contributed by atoms with Gasteiger partial charge >= 0.3 is 0 Å². The quantitative estimate of drug-likeness (QED) is 0.939. The number of nitrogens with zero attached hydrogens (tertiary/aromatic N) is 2. The lowest BCUT2D eigenvalue weighted by molar-refractivity contribution is 0.189. The van der Waals surface area contributed by atoms with E-state index in [1.54, 1.807) is 19.1 Å². The highest BCUT2D eigenvalue weighted by Gasteiger charge is 2.10. The van der Waals surface area contributed by atoms with Gasteiger partial charge in [-0.25, -0.2) is 0 Å². The Balaban J connectivity index is 2.16. The highest BCUT2D eigenvalue weighted by atomic mass is 79.9. The molecule has 1 N–H and O–H groups in total. The minimum atomic E-state index is -0.594. The molecule has 0 bridgehead atoms. The zero-order valence-electron chi connectivity index (χ0n) is 9.13. The number of rotatable bonds is 4. The van der Waals surface area contributed by atoms with E-state index in [1.165, 1.54) is 6.39 Å². The van der Waals surface area contributed by atoms with Crippen LogP contribution in [0.2, 0.25) is 0 Å². The molecule has 0 amide bonds. The predicted octanol–water partition coefficient (Wildman–Crippen LogP) is 2.46. The summed E-state index contributed by atoms with van der Waals surface area (Å²) in [6.07, 6.45) is 0.651. The van der Waals surface area contributed by atoms with Gasteiger partial charge in [0.2, 0.25) is 12.2 Å². The number of aliphatic hydroxyl groups is 1. The van der Waals surface area contributed by atoms with Crippen LogP contribution in [-0.4, -0.2) is 15.2 Å². The van der Waals surface area contributed by atoms with Gasteiger partial charge in [0.25, 0.3) is 0 Å². The van der Waals surface area contributed by atoms with E-state index in [0.717, 1.165) is 10.0 Å². The maximum atomic E-state index is 9.61. The number of hydrogen-bond donors (Lipinski definition) is 1. The summed E-state index contributed by atoms with van der Waals surface area (Å²) in [5.41, 5.74) is 0.719. The maximum absolute atomic E-state index is 9.61. The van der Waals surface area contributed by atoms with Crippen molar-refractivity contribution in [2.45, 2.75) is 19.6 Å². The van der Waals surface area contributed by atoms with Gasteiger partial charge in [0.1, 0.15) is 5.75 Å². The Morgan fingerprint density at radius 3 is 3.00 bits per heavy atom. The van der Waals surface area contributed by atoms with E-state index in [0.29, 0.717) is 11.6 Å². The lowest BCUT2D eigenvalue weighted by Gasteiger charge is -2.12. The highest BCUT2D eigenvalue weighted by molar-refractivity contribution is 9.10. The summed E-state index contributed by atoms with van der Waals surface area (Å²) in [5.74, 6) is 1.06. The summed E-state index contributed by atoms with van der Waals surface area (Å²) in [4.78, 5) is 3.85. The zero-order chi connectivity index (χ0) is 12.3. The molecular weight excluding hydrogens is 288 g/mol. The summed E-state index contributed by atoms with van der Waals surface area (Å²) in [6, 6.07) is 5.45. The first kappa shape index (κ1) is 12.1. The summed E-state index contributed by atoms with van der Waals surface area (Å²) >= 11 is 3.35. The third-order valence-corrected chi connectivity index (χ3v) is 2.68. The molecule has 0 spiro atoms. The van der Waals surface area contributed by atoms with Crippen molar-refractivity contribution in [3.8, 4) is 5.75 Å². The van der Waals surface area contributed by atoms with Crippen LogP contribution in [0.3, 0.4) is 0 Å². The van der Waals surface area contributed by atoms with Crippen molar-refractivity contribution < 1.29 is 14.4 Å². The minimum Gasteiger partial charge on any atom is -0.485 e. The summed E-state index contributed by atoms with van der Waals surface area (Å²) in [5, 5.41) is 13.3. The van der Waals surface area contributed by atoms with Crippen molar-refractivity contribution in [1.29, 1.82) is 0 Å². The van der Waals surface area contributed by atoms with E-state index in [9.17, 15) is 5.11 Å². The molecular formula is C11H11BrN2O3. The van der Waals surface area contributed by atoms with Gasteiger partial charge in [-0.15, -0.1) is 0 Å². The van der Waals surface area contributed by atoms with Crippen LogP contribution in [0.1, 0.15) is 24.4 Å². The van der Waals surface area contributed by atoms with Crippen molar-refractivity contribution >= 4 is 15.9 Å². The molecule has 0 saturated heterocycles.